The molecule has 2 N–H and O–H groups in total. The van der Waals surface area contributed by atoms with Crippen LogP contribution in [0.25, 0.3) is 0 Å². The smallest absolute Gasteiger partial charge is 0.365 e. The lowest BCUT2D eigenvalue weighted by Gasteiger charge is -2.12. The van der Waals surface area contributed by atoms with Gasteiger partial charge in [-0.25, -0.2) is 13.6 Å². The molecule has 0 atom stereocenters. The topological polar surface area (TPSA) is 83.3 Å². The molecule has 0 amide bonds. The molecule has 8 heteroatoms. The van der Waals surface area contributed by atoms with Crippen LogP contribution in [0.5, 0.6) is 0 Å². The third-order valence-corrected chi connectivity index (χ3v) is 1.74. The predicted molar refractivity (Wildman–Crippen MR) is 45.8 cm³/mol. The van der Waals surface area contributed by atoms with Crippen LogP contribution in [0.1, 0.15) is 5.82 Å². The van der Waals surface area contributed by atoms with Crippen LogP contribution >= 0.6 is 0 Å². The monoisotopic (exact) mass is 216 g/mol. The van der Waals surface area contributed by atoms with E-state index in [0.717, 1.165) is 6.08 Å². The molecule has 0 aromatic carbocycles. The zero-order valence-corrected chi connectivity index (χ0v) is 7.33. The fourth-order valence-electron chi connectivity index (χ4n) is 1.08. The van der Waals surface area contributed by atoms with Gasteiger partial charge in [0.25, 0.3) is 6.43 Å². The predicted octanol–water partition coefficient (Wildman–Crippen LogP) is -0.138. The van der Waals surface area contributed by atoms with Crippen molar-refractivity contribution in [1.82, 2.24) is 15.5 Å². The van der Waals surface area contributed by atoms with E-state index in [1.807, 2.05) is 0 Å². The van der Waals surface area contributed by atoms with Crippen LogP contribution < -0.4 is 11.1 Å². The normalized spacial score (nSPS) is 15.9. The molecule has 0 bridgehead atoms. The maximum absolute atomic E-state index is 12.3. The fourth-order valence-corrected chi connectivity index (χ4v) is 1.08. The average molecular weight is 216 g/mol. The molecule has 1 aromatic heterocycles. The minimum Gasteiger partial charge on any atom is -0.365 e. The van der Waals surface area contributed by atoms with Crippen molar-refractivity contribution < 1.29 is 13.3 Å². The number of hydrogen-bond acceptors (Lipinski definition) is 5. The Kier molecular flexibility index (Phi) is 2.32. The highest BCUT2D eigenvalue weighted by molar-refractivity contribution is 6.06. The van der Waals surface area contributed by atoms with Crippen LogP contribution in [-0.4, -0.2) is 28.9 Å². The molecule has 0 fully saturated rings. The van der Waals surface area contributed by atoms with Gasteiger partial charge < -0.3 is 5.32 Å². The third kappa shape index (κ3) is 1.92. The Balaban J connectivity index is 2.31. The number of alkyl halides is 2. The summed E-state index contributed by atoms with van der Waals surface area (Å²) in [6.45, 7) is 0.0143. The number of halogens is 2. The van der Waals surface area contributed by atoms with Gasteiger partial charge in [0.05, 0.1) is 5.70 Å². The lowest BCUT2D eigenvalue weighted by atomic mass is 10.2. The van der Waals surface area contributed by atoms with Gasteiger partial charge in [-0.05, 0) is 6.08 Å². The molecule has 0 spiro atoms. The second-order valence-corrected chi connectivity index (χ2v) is 2.72. The van der Waals surface area contributed by atoms with Gasteiger partial charge in [0.2, 0.25) is 5.82 Å². The number of aromatic amines is 1. The molecule has 1 aliphatic heterocycles. The van der Waals surface area contributed by atoms with Crippen molar-refractivity contribution >= 4 is 5.71 Å². The number of H-pyrrole nitrogens is 1. The Labute approximate surface area is 81.7 Å². The Morgan fingerprint density at radius 1 is 1.53 bits per heavy atom. The van der Waals surface area contributed by atoms with E-state index in [1.54, 1.807) is 0 Å². The molecule has 0 saturated heterocycles. The fraction of sp³-hybridized carbons (Fsp3) is 0.286. The van der Waals surface area contributed by atoms with Crippen molar-refractivity contribution in [3.8, 4) is 0 Å². The summed E-state index contributed by atoms with van der Waals surface area (Å²) >= 11 is 0. The van der Waals surface area contributed by atoms with E-state index in [-0.39, 0.29) is 23.9 Å². The summed E-state index contributed by atoms with van der Waals surface area (Å²) in [5.41, 5.74) is -0.0984. The van der Waals surface area contributed by atoms with Crippen molar-refractivity contribution in [3.05, 3.63) is 28.1 Å². The summed E-state index contributed by atoms with van der Waals surface area (Å²) in [6, 6.07) is 0. The molecule has 2 heterocycles. The lowest BCUT2D eigenvalue weighted by Crippen LogP contribution is -2.25. The molecular weight excluding hydrogens is 210 g/mol. The average Bonchev–Trinajstić information content (AvgIpc) is 2.65. The summed E-state index contributed by atoms with van der Waals surface area (Å²) in [7, 11) is 0. The van der Waals surface area contributed by atoms with E-state index in [2.05, 4.69) is 25.0 Å². The number of rotatable bonds is 2. The molecule has 0 radical (unpaired) electrons. The molecule has 0 aliphatic carbocycles. The number of aromatic nitrogens is 2. The van der Waals surface area contributed by atoms with E-state index in [1.165, 1.54) is 0 Å². The molecule has 1 aromatic rings. The molecule has 15 heavy (non-hydrogen) atoms. The number of aliphatic imine (C=N–C) groups is 1. The van der Waals surface area contributed by atoms with Gasteiger partial charge in [-0.1, -0.05) is 5.16 Å². The zero-order valence-electron chi connectivity index (χ0n) is 7.33. The minimum absolute atomic E-state index is 0.0143. The van der Waals surface area contributed by atoms with Crippen LogP contribution in [0, 0.1) is 0 Å². The van der Waals surface area contributed by atoms with E-state index < -0.39 is 12.2 Å². The standard InChI is InChI=1S/C7H6F2N4O2/c8-5(9)3-1-4(11-2-10-3)6-12-7(14)15-13-6/h1,5,10H,2H2,(H,12,13,14). The first-order valence-corrected chi connectivity index (χ1v) is 4.01. The van der Waals surface area contributed by atoms with Crippen molar-refractivity contribution in [2.24, 2.45) is 4.99 Å². The van der Waals surface area contributed by atoms with Crippen LogP contribution in [0.4, 0.5) is 8.78 Å². The Morgan fingerprint density at radius 2 is 2.33 bits per heavy atom. The lowest BCUT2D eigenvalue weighted by molar-refractivity contribution is 0.180. The first-order valence-electron chi connectivity index (χ1n) is 4.01. The number of hydrogen-bond donors (Lipinski definition) is 2. The van der Waals surface area contributed by atoms with Gasteiger partial charge in [0.15, 0.2) is 0 Å². The van der Waals surface area contributed by atoms with E-state index in [0.29, 0.717) is 0 Å². The highest BCUT2D eigenvalue weighted by Gasteiger charge is 2.17. The number of nitrogens with one attached hydrogen (secondary N) is 2. The second-order valence-electron chi connectivity index (χ2n) is 2.72. The Morgan fingerprint density at radius 3 is 2.93 bits per heavy atom. The van der Waals surface area contributed by atoms with Crippen molar-refractivity contribution in [3.63, 3.8) is 0 Å². The quantitative estimate of drug-likeness (QED) is 0.720. The number of allylic oxidation sites excluding steroid dienone is 2. The summed E-state index contributed by atoms with van der Waals surface area (Å²) < 4.78 is 28.9. The number of nitrogens with zero attached hydrogens (tertiary/aromatic N) is 2. The molecule has 1 aliphatic rings. The first kappa shape index (κ1) is 9.56. The van der Waals surface area contributed by atoms with Gasteiger partial charge >= 0.3 is 5.76 Å². The highest BCUT2D eigenvalue weighted by atomic mass is 19.3. The van der Waals surface area contributed by atoms with Crippen molar-refractivity contribution in [2.45, 2.75) is 6.43 Å². The van der Waals surface area contributed by atoms with Crippen molar-refractivity contribution in [2.75, 3.05) is 6.67 Å². The largest absolute Gasteiger partial charge is 0.439 e. The zero-order chi connectivity index (χ0) is 10.8. The highest BCUT2D eigenvalue weighted by Crippen LogP contribution is 2.09. The molecule has 0 unspecified atom stereocenters. The molecular formula is C7H6F2N4O2. The Bertz CT molecular complexity index is 473. The summed E-state index contributed by atoms with van der Waals surface area (Å²) in [4.78, 5) is 16.7. The van der Waals surface area contributed by atoms with Crippen LogP contribution in [0.2, 0.25) is 0 Å². The molecule has 6 nitrogen and oxygen atoms in total. The first-order chi connectivity index (χ1) is 7.16. The summed E-state index contributed by atoms with van der Waals surface area (Å²) in [6.07, 6.45) is -1.50. The van der Waals surface area contributed by atoms with Gasteiger partial charge in [0.1, 0.15) is 12.4 Å². The maximum Gasteiger partial charge on any atom is 0.439 e. The van der Waals surface area contributed by atoms with E-state index >= 15 is 0 Å². The SMILES string of the molecule is O=c1[nH]c(C2=NCNC(C(F)F)=C2)no1. The second kappa shape index (κ2) is 3.64. The van der Waals surface area contributed by atoms with Gasteiger partial charge in [-0.2, -0.15) is 0 Å². The Hall–Kier alpha value is -1.99. The van der Waals surface area contributed by atoms with Crippen LogP contribution in [0.15, 0.2) is 26.1 Å². The minimum atomic E-state index is -2.62. The van der Waals surface area contributed by atoms with Crippen LogP contribution in [0.3, 0.4) is 0 Å². The summed E-state index contributed by atoms with van der Waals surface area (Å²) in [5.74, 6) is -0.710. The molecule has 80 valence electrons. The van der Waals surface area contributed by atoms with E-state index in [4.69, 9.17) is 0 Å². The van der Waals surface area contributed by atoms with Crippen molar-refractivity contribution in [1.29, 1.82) is 0 Å². The van der Waals surface area contributed by atoms with E-state index in [9.17, 15) is 13.6 Å². The molecule has 2 rings (SSSR count). The molecule has 0 saturated carbocycles. The summed E-state index contributed by atoms with van der Waals surface area (Å²) in [5, 5.41) is 5.74. The van der Waals surface area contributed by atoms with Crippen LogP contribution in [-0.2, 0) is 0 Å². The van der Waals surface area contributed by atoms with Gasteiger partial charge in [-0.15, -0.1) is 0 Å². The maximum atomic E-state index is 12.3. The third-order valence-electron chi connectivity index (χ3n) is 1.74. The van der Waals surface area contributed by atoms with Gasteiger partial charge in [0, 0.05) is 0 Å². The van der Waals surface area contributed by atoms with Gasteiger partial charge in [-0.3, -0.25) is 14.5 Å².